The maximum Gasteiger partial charge on any atom is 0.171 e. The molecule has 0 aliphatic heterocycles. The zero-order chi connectivity index (χ0) is 13.3. The van der Waals surface area contributed by atoms with Gasteiger partial charge in [0, 0.05) is 17.7 Å². The first kappa shape index (κ1) is 12.6. The van der Waals surface area contributed by atoms with E-state index in [0.29, 0.717) is 6.54 Å². The molecule has 2 N–H and O–H groups in total. The van der Waals surface area contributed by atoms with Gasteiger partial charge in [-0.25, -0.2) is 0 Å². The highest BCUT2D eigenvalue weighted by Gasteiger charge is 2.17. The molecular formula is C14H18N2O2. The molecule has 0 unspecified atom stereocenters. The van der Waals surface area contributed by atoms with Crippen molar-refractivity contribution in [1.82, 2.24) is 5.16 Å². The summed E-state index contributed by atoms with van der Waals surface area (Å²) in [7, 11) is 1.69. The second-order valence-electron chi connectivity index (χ2n) is 4.41. The van der Waals surface area contributed by atoms with Crippen molar-refractivity contribution in [1.29, 1.82) is 0 Å². The summed E-state index contributed by atoms with van der Waals surface area (Å²) < 4.78 is 10.7. The number of hydrogen-bond acceptors (Lipinski definition) is 4. The van der Waals surface area contributed by atoms with Gasteiger partial charge in [0.05, 0.1) is 13.3 Å². The molecule has 0 fully saturated rings. The van der Waals surface area contributed by atoms with Crippen LogP contribution >= 0.6 is 0 Å². The normalized spacial score (nSPS) is 10.7. The summed E-state index contributed by atoms with van der Waals surface area (Å²) >= 11 is 0. The Morgan fingerprint density at radius 3 is 2.61 bits per heavy atom. The summed E-state index contributed by atoms with van der Waals surface area (Å²) in [4.78, 5) is 0. The Bertz CT molecular complexity index is 573. The molecule has 0 amide bonds. The summed E-state index contributed by atoms with van der Waals surface area (Å²) in [5.41, 5.74) is 11.0. The van der Waals surface area contributed by atoms with E-state index in [0.717, 1.165) is 39.3 Å². The largest absolute Gasteiger partial charge is 0.496 e. The van der Waals surface area contributed by atoms with Crippen molar-refractivity contribution < 1.29 is 9.26 Å². The van der Waals surface area contributed by atoms with Crippen LogP contribution in [0.3, 0.4) is 0 Å². The van der Waals surface area contributed by atoms with Gasteiger partial charge in [-0.2, -0.15) is 0 Å². The molecule has 4 heteroatoms. The van der Waals surface area contributed by atoms with Gasteiger partial charge >= 0.3 is 0 Å². The second-order valence-corrected chi connectivity index (χ2v) is 4.41. The van der Waals surface area contributed by atoms with Crippen LogP contribution in [0.15, 0.2) is 16.8 Å². The fourth-order valence-corrected chi connectivity index (χ4v) is 2.24. The number of benzene rings is 1. The standard InChI is InChI=1S/C14H18N2O2/c1-8-5-12(9(2)10(3)13(8)17-4)14-11(6-15)7-16-18-14/h5,7H,6,15H2,1-4H3. The fourth-order valence-electron chi connectivity index (χ4n) is 2.24. The van der Waals surface area contributed by atoms with Crippen LogP contribution in [0.4, 0.5) is 0 Å². The van der Waals surface area contributed by atoms with Crippen molar-refractivity contribution in [2.75, 3.05) is 7.11 Å². The molecule has 2 aromatic rings. The maximum atomic E-state index is 5.69. The number of hydrogen-bond donors (Lipinski definition) is 1. The quantitative estimate of drug-likeness (QED) is 0.904. The van der Waals surface area contributed by atoms with Crippen LogP contribution in [0.1, 0.15) is 22.3 Å². The molecule has 0 saturated carbocycles. The Morgan fingerprint density at radius 2 is 2.00 bits per heavy atom. The summed E-state index contributed by atoms with van der Waals surface area (Å²) in [5.74, 6) is 1.67. The molecule has 0 aliphatic rings. The van der Waals surface area contributed by atoms with E-state index in [1.54, 1.807) is 13.3 Å². The molecule has 4 nitrogen and oxygen atoms in total. The number of aromatic nitrogens is 1. The van der Waals surface area contributed by atoms with Gasteiger partial charge in [0.25, 0.3) is 0 Å². The van der Waals surface area contributed by atoms with Crippen molar-refractivity contribution in [2.45, 2.75) is 27.3 Å². The summed E-state index contributed by atoms with van der Waals surface area (Å²) in [6, 6.07) is 2.06. The average molecular weight is 246 g/mol. The minimum atomic E-state index is 0.419. The predicted octanol–water partition coefficient (Wildman–Crippen LogP) is 2.73. The first-order valence-electron chi connectivity index (χ1n) is 5.89. The van der Waals surface area contributed by atoms with Crippen LogP contribution in [0.2, 0.25) is 0 Å². The third kappa shape index (κ3) is 1.88. The van der Waals surface area contributed by atoms with Gasteiger partial charge in [-0.05, 0) is 43.5 Å². The monoisotopic (exact) mass is 246 g/mol. The van der Waals surface area contributed by atoms with Gasteiger partial charge in [-0.3, -0.25) is 0 Å². The fraction of sp³-hybridized carbons (Fsp3) is 0.357. The van der Waals surface area contributed by atoms with E-state index >= 15 is 0 Å². The highest BCUT2D eigenvalue weighted by Crippen LogP contribution is 2.35. The molecule has 1 heterocycles. The zero-order valence-corrected chi connectivity index (χ0v) is 11.2. The van der Waals surface area contributed by atoms with E-state index in [9.17, 15) is 0 Å². The van der Waals surface area contributed by atoms with Gasteiger partial charge in [-0.1, -0.05) is 5.16 Å². The van der Waals surface area contributed by atoms with Gasteiger partial charge in [0.1, 0.15) is 5.75 Å². The average Bonchev–Trinajstić information content (AvgIpc) is 2.82. The van der Waals surface area contributed by atoms with Crippen molar-refractivity contribution in [3.05, 3.63) is 34.5 Å². The molecule has 1 aromatic heterocycles. The van der Waals surface area contributed by atoms with Crippen LogP contribution in [0, 0.1) is 20.8 Å². The molecule has 0 aliphatic carbocycles. The molecule has 0 atom stereocenters. The molecule has 2 rings (SSSR count). The number of nitrogens with zero attached hydrogens (tertiary/aromatic N) is 1. The van der Waals surface area contributed by atoms with Crippen LogP contribution in [0.5, 0.6) is 5.75 Å². The molecule has 0 saturated heterocycles. The molecule has 18 heavy (non-hydrogen) atoms. The molecular weight excluding hydrogens is 228 g/mol. The highest BCUT2D eigenvalue weighted by atomic mass is 16.5. The van der Waals surface area contributed by atoms with Gasteiger partial charge < -0.3 is 15.0 Å². The first-order valence-corrected chi connectivity index (χ1v) is 5.89. The van der Waals surface area contributed by atoms with E-state index in [1.807, 2.05) is 13.8 Å². The smallest absolute Gasteiger partial charge is 0.171 e. The minimum Gasteiger partial charge on any atom is -0.496 e. The molecule has 1 aromatic carbocycles. The minimum absolute atomic E-state index is 0.419. The van der Waals surface area contributed by atoms with E-state index in [1.165, 1.54) is 0 Å². The van der Waals surface area contributed by atoms with Crippen LogP contribution < -0.4 is 10.5 Å². The Morgan fingerprint density at radius 1 is 1.28 bits per heavy atom. The van der Waals surface area contributed by atoms with Gasteiger partial charge in [0.15, 0.2) is 5.76 Å². The molecule has 0 spiro atoms. The summed E-state index contributed by atoms with van der Waals surface area (Å²) in [6.45, 7) is 6.54. The SMILES string of the molecule is COc1c(C)cc(-c2oncc2CN)c(C)c1C. The summed E-state index contributed by atoms with van der Waals surface area (Å²) in [6.07, 6.45) is 1.67. The van der Waals surface area contributed by atoms with Crippen molar-refractivity contribution in [2.24, 2.45) is 5.73 Å². The molecule has 0 radical (unpaired) electrons. The Hall–Kier alpha value is -1.81. The second kappa shape index (κ2) is 4.82. The van der Waals surface area contributed by atoms with E-state index < -0.39 is 0 Å². The topological polar surface area (TPSA) is 61.3 Å². The predicted molar refractivity (Wildman–Crippen MR) is 70.6 cm³/mol. The Kier molecular flexibility index (Phi) is 3.39. The van der Waals surface area contributed by atoms with Crippen LogP contribution in [-0.4, -0.2) is 12.3 Å². The number of ether oxygens (including phenoxy) is 1. The Labute approximate surface area is 107 Å². The van der Waals surface area contributed by atoms with Crippen molar-refractivity contribution >= 4 is 0 Å². The third-order valence-corrected chi connectivity index (χ3v) is 3.34. The van der Waals surface area contributed by atoms with E-state index in [4.69, 9.17) is 15.0 Å². The van der Waals surface area contributed by atoms with E-state index in [-0.39, 0.29) is 0 Å². The van der Waals surface area contributed by atoms with Crippen LogP contribution in [0.25, 0.3) is 11.3 Å². The van der Waals surface area contributed by atoms with E-state index in [2.05, 4.69) is 18.1 Å². The Balaban J connectivity index is 2.66. The molecule has 0 bridgehead atoms. The maximum absolute atomic E-state index is 5.69. The number of rotatable bonds is 3. The third-order valence-electron chi connectivity index (χ3n) is 3.34. The van der Waals surface area contributed by atoms with Gasteiger partial charge in [0.2, 0.25) is 0 Å². The molecule has 96 valence electrons. The van der Waals surface area contributed by atoms with Crippen molar-refractivity contribution in [3.8, 4) is 17.1 Å². The lowest BCUT2D eigenvalue weighted by molar-refractivity contribution is 0.407. The summed E-state index contributed by atoms with van der Waals surface area (Å²) in [5, 5.41) is 3.83. The van der Waals surface area contributed by atoms with Crippen LogP contribution in [-0.2, 0) is 6.54 Å². The number of methoxy groups -OCH3 is 1. The number of aryl methyl sites for hydroxylation is 1. The van der Waals surface area contributed by atoms with Crippen molar-refractivity contribution in [3.63, 3.8) is 0 Å². The zero-order valence-electron chi connectivity index (χ0n) is 11.2. The first-order chi connectivity index (χ1) is 8.60. The lowest BCUT2D eigenvalue weighted by Gasteiger charge is -2.14. The lowest BCUT2D eigenvalue weighted by atomic mass is 9.95. The number of nitrogens with two attached hydrogens (primary N) is 1. The lowest BCUT2D eigenvalue weighted by Crippen LogP contribution is -1.99. The highest BCUT2D eigenvalue weighted by molar-refractivity contribution is 5.70. The van der Waals surface area contributed by atoms with Gasteiger partial charge in [-0.15, -0.1) is 0 Å².